The lowest BCUT2D eigenvalue weighted by Crippen LogP contribution is -2.46. The largest absolute Gasteiger partial charge is 0.481 e. The monoisotopic (exact) mass is 369 g/mol. The number of halogens is 1. The van der Waals surface area contributed by atoms with E-state index in [2.05, 4.69) is 15.9 Å². The summed E-state index contributed by atoms with van der Waals surface area (Å²) in [4.78, 5) is 24.9. The second-order valence-corrected chi connectivity index (χ2v) is 6.41. The Hall–Kier alpha value is -1.40. The number of carboxylic acids is 1. The first-order valence-corrected chi connectivity index (χ1v) is 8.12. The summed E-state index contributed by atoms with van der Waals surface area (Å²) in [7, 11) is 0. The minimum absolute atomic E-state index is 0.0435. The van der Waals surface area contributed by atoms with Gasteiger partial charge in [0.1, 0.15) is 0 Å². The summed E-state index contributed by atoms with van der Waals surface area (Å²) in [5.74, 6) is -0.758. The third-order valence-electron chi connectivity index (χ3n) is 3.81. The Balaban J connectivity index is 1.94. The fourth-order valence-electron chi connectivity index (χ4n) is 2.64. The number of hydrogen-bond donors (Lipinski definition) is 1. The smallest absolute Gasteiger partial charge is 0.306 e. The maximum absolute atomic E-state index is 12.4. The molecule has 1 heterocycles. The van der Waals surface area contributed by atoms with E-state index in [0.717, 1.165) is 10.0 Å². The zero-order valence-electron chi connectivity index (χ0n) is 12.5. The van der Waals surface area contributed by atoms with E-state index in [1.807, 2.05) is 31.2 Å². The van der Waals surface area contributed by atoms with Crippen LogP contribution in [0.25, 0.3) is 0 Å². The molecular weight excluding hydrogens is 350 g/mol. The number of amides is 1. The highest BCUT2D eigenvalue weighted by Crippen LogP contribution is 2.27. The SMILES string of the molecule is C[C@@H](CC(=O)N1CCO[C@H](CC(=O)O)C1)c1ccccc1Br. The number of carbonyl (C=O) groups excluding carboxylic acids is 1. The van der Waals surface area contributed by atoms with Crippen LogP contribution in [0.15, 0.2) is 28.7 Å². The van der Waals surface area contributed by atoms with Crippen molar-refractivity contribution in [1.29, 1.82) is 0 Å². The van der Waals surface area contributed by atoms with Gasteiger partial charge in [-0.15, -0.1) is 0 Å². The van der Waals surface area contributed by atoms with Crippen LogP contribution in [0.5, 0.6) is 0 Å². The van der Waals surface area contributed by atoms with Crippen LogP contribution in [0, 0.1) is 0 Å². The van der Waals surface area contributed by atoms with Crippen molar-refractivity contribution in [3.8, 4) is 0 Å². The lowest BCUT2D eigenvalue weighted by atomic mass is 9.97. The van der Waals surface area contributed by atoms with Gasteiger partial charge in [0, 0.05) is 24.0 Å². The minimum atomic E-state index is -0.902. The molecule has 2 atom stereocenters. The maximum Gasteiger partial charge on any atom is 0.306 e. The van der Waals surface area contributed by atoms with E-state index in [0.29, 0.717) is 26.1 Å². The fourth-order valence-corrected chi connectivity index (χ4v) is 3.32. The van der Waals surface area contributed by atoms with E-state index in [9.17, 15) is 9.59 Å². The summed E-state index contributed by atoms with van der Waals surface area (Å²) in [6, 6.07) is 7.88. The van der Waals surface area contributed by atoms with E-state index < -0.39 is 12.1 Å². The zero-order chi connectivity index (χ0) is 16.1. The van der Waals surface area contributed by atoms with Crippen molar-refractivity contribution in [1.82, 2.24) is 4.90 Å². The molecule has 1 aromatic carbocycles. The van der Waals surface area contributed by atoms with Crippen LogP contribution in [0.1, 0.15) is 31.2 Å². The van der Waals surface area contributed by atoms with Crippen molar-refractivity contribution in [3.63, 3.8) is 0 Å². The number of carboxylic acid groups (broad SMARTS) is 1. The van der Waals surface area contributed by atoms with Crippen LogP contribution in [-0.2, 0) is 14.3 Å². The second kappa shape index (κ2) is 7.74. The van der Waals surface area contributed by atoms with Crippen LogP contribution < -0.4 is 0 Å². The molecule has 1 amide bonds. The molecule has 5 nitrogen and oxygen atoms in total. The summed E-state index contributed by atoms with van der Waals surface area (Å²) in [5, 5.41) is 8.83. The molecule has 0 aromatic heterocycles. The van der Waals surface area contributed by atoms with Crippen LogP contribution in [0.3, 0.4) is 0 Å². The molecule has 2 rings (SSSR count). The van der Waals surface area contributed by atoms with E-state index in [-0.39, 0.29) is 18.2 Å². The van der Waals surface area contributed by atoms with Gasteiger partial charge < -0.3 is 14.7 Å². The molecule has 6 heteroatoms. The van der Waals surface area contributed by atoms with Gasteiger partial charge in [-0.05, 0) is 17.5 Å². The van der Waals surface area contributed by atoms with Crippen molar-refractivity contribution >= 4 is 27.8 Å². The molecule has 1 aromatic rings. The van der Waals surface area contributed by atoms with Gasteiger partial charge in [0.15, 0.2) is 0 Å². The molecule has 0 unspecified atom stereocenters. The third-order valence-corrected chi connectivity index (χ3v) is 4.53. The Morgan fingerprint density at radius 2 is 2.18 bits per heavy atom. The fraction of sp³-hybridized carbons (Fsp3) is 0.500. The Kier molecular flexibility index (Phi) is 5.97. The quantitative estimate of drug-likeness (QED) is 0.866. The molecule has 0 radical (unpaired) electrons. The predicted octanol–water partition coefficient (Wildman–Crippen LogP) is 2.64. The number of rotatable bonds is 5. The van der Waals surface area contributed by atoms with Crippen molar-refractivity contribution in [2.45, 2.75) is 31.8 Å². The highest BCUT2D eigenvalue weighted by Gasteiger charge is 2.27. The van der Waals surface area contributed by atoms with Gasteiger partial charge in [0.25, 0.3) is 0 Å². The Bertz CT molecular complexity index is 549. The first-order valence-electron chi connectivity index (χ1n) is 7.33. The second-order valence-electron chi connectivity index (χ2n) is 5.56. The first-order chi connectivity index (χ1) is 10.5. The molecule has 0 bridgehead atoms. The number of morpholine rings is 1. The highest BCUT2D eigenvalue weighted by atomic mass is 79.9. The summed E-state index contributed by atoms with van der Waals surface area (Å²) in [6.07, 6.45) is -0.0691. The standard InChI is InChI=1S/C16H20BrNO4/c1-11(13-4-2-3-5-14(13)17)8-15(19)18-6-7-22-12(10-18)9-16(20)21/h2-5,11-12H,6-10H2,1H3,(H,20,21)/t11-,12+/m0/s1. The number of aliphatic carboxylic acids is 1. The van der Waals surface area contributed by atoms with Crippen molar-refractivity contribution in [3.05, 3.63) is 34.3 Å². The summed E-state index contributed by atoms with van der Waals surface area (Å²) >= 11 is 3.51. The molecular formula is C16H20BrNO4. The average Bonchev–Trinajstić information content (AvgIpc) is 2.47. The van der Waals surface area contributed by atoms with Gasteiger partial charge in [-0.3, -0.25) is 9.59 Å². The van der Waals surface area contributed by atoms with E-state index >= 15 is 0 Å². The van der Waals surface area contributed by atoms with Crippen molar-refractivity contribution in [2.24, 2.45) is 0 Å². The van der Waals surface area contributed by atoms with Crippen LogP contribution in [0.4, 0.5) is 0 Å². The molecule has 1 fully saturated rings. The molecule has 1 N–H and O–H groups in total. The lowest BCUT2D eigenvalue weighted by molar-refractivity contribution is -0.147. The molecule has 1 saturated heterocycles. The van der Waals surface area contributed by atoms with Crippen LogP contribution in [-0.4, -0.2) is 47.7 Å². The third kappa shape index (κ3) is 4.55. The number of benzene rings is 1. The molecule has 1 aliphatic heterocycles. The number of ether oxygens (including phenoxy) is 1. The van der Waals surface area contributed by atoms with Gasteiger partial charge >= 0.3 is 5.97 Å². The van der Waals surface area contributed by atoms with Crippen molar-refractivity contribution < 1.29 is 19.4 Å². The Morgan fingerprint density at radius 1 is 1.45 bits per heavy atom. The molecule has 0 aliphatic carbocycles. The molecule has 120 valence electrons. The van der Waals surface area contributed by atoms with Gasteiger partial charge in [0.2, 0.25) is 5.91 Å². The topological polar surface area (TPSA) is 66.8 Å². The van der Waals surface area contributed by atoms with Crippen molar-refractivity contribution in [2.75, 3.05) is 19.7 Å². The van der Waals surface area contributed by atoms with E-state index in [1.165, 1.54) is 0 Å². The number of hydrogen-bond acceptors (Lipinski definition) is 3. The molecule has 0 saturated carbocycles. The van der Waals surface area contributed by atoms with E-state index in [4.69, 9.17) is 9.84 Å². The first kappa shape index (κ1) is 17.0. The van der Waals surface area contributed by atoms with E-state index in [1.54, 1.807) is 4.90 Å². The predicted molar refractivity (Wildman–Crippen MR) is 85.7 cm³/mol. The number of carbonyl (C=O) groups is 2. The van der Waals surface area contributed by atoms with Crippen LogP contribution in [0.2, 0.25) is 0 Å². The minimum Gasteiger partial charge on any atom is -0.481 e. The normalized spacial score (nSPS) is 19.7. The average molecular weight is 370 g/mol. The molecule has 0 spiro atoms. The zero-order valence-corrected chi connectivity index (χ0v) is 14.1. The van der Waals surface area contributed by atoms with Gasteiger partial charge in [-0.25, -0.2) is 0 Å². The van der Waals surface area contributed by atoms with Gasteiger partial charge in [-0.2, -0.15) is 0 Å². The lowest BCUT2D eigenvalue weighted by Gasteiger charge is -2.33. The summed E-state index contributed by atoms with van der Waals surface area (Å²) < 4.78 is 6.40. The summed E-state index contributed by atoms with van der Waals surface area (Å²) in [5.41, 5.74) is 1.10. The molecule has 1 aliphatic rings. The number of nitrogens with zero attached hydrogens (tertiary/aromatic N) is 1. The highest BCUT2D eigenvalue weighted by molar-refractivity contribution is 9.10. The summed E-state index contributed by atoms with van der Waals surface area (Å²) in [6.45, 7) is 3.30. The van der Waals surface area contributed by atoms with Gasteiger partial charge in [0.05, 0.1) is 19.1 Å². The van der Waals surface area contributed by atoms with Gasteiger partial charge in [-0.1, -0.05) is 41.1 Å². The Labute approximate surface area is 138 Å². The Morgan fingerprint density at radius 3 is 2.86 bits per heavy atom. The maximum atomic E-state index is 12.4. The van der Waals surface area contributed by atoms with Crippen LogP contribution >= 0.6 is 15.9 Å². The molecule has 22 heavy (non-hydrogen) atoms.